The minimum Gasteiger partial charge on any atom is -0.490 e. The average Bonchev–Trinajstić information content (AvgIpc) is 2.41. The zero-order valence-electron chi connectivity index (χ0n) is 11.6. The standard InChI is InChI=1S/C16H25NO/c1-3-17-12-14-8-10-15(11-9-14)18-16-7-5-4-6-13(16)2/h8-11,13,16-17H,3-7,12H2,1-2H3. The van der Waals surface area contributed by atoms with Gasteiger partial charge in [-0.25, -0.2) is 0 Å². The van der Waals surface area contributed by atoms with Crippen LogP contribution in [0, 0.1) is 5.92 Å². The number of hydrogen-bond acceptors (Lipinski definition) is 2. The van der Waals surface area contributed by atoms with Gasteiger partial charge in [-0.1, -0.05) is 32.4 Å². The van der Waals surface area contributed by atoms with Crippen molar-refractivity contribution in [2.75, 3.05) is 6.54 Å². The predicted octanol–water partition coefficient (Wildman–Crippen LogP) is 3.75. The lowest BCUT2D eigenvalue weighted by Crippen LogP contribution is -2.28. The lowest BCUT2D eigenvalue weighted by molar-refractivity contribution is 0.102. The van der Waals surface area contributed by atoms with Crippen molar-refractivity contribution < 1.29 is 4.74 Å². The number of benzene rings is 1. The summed E-state index contributed by atoms with van der Waals surface area (Å²) in [4.78, 5) is 0. The van der Waals surface area contributed by atoms with Crippen molar-refractivity contribution in [3.63, 3.8) is 0 Å². The molecule has 100 valence electrons. The maximum Gasteiger partial charge on any atom is 0.119 e. The predicted molar refractivity (Wildman–Crippen MR) is 75.9 cm³/mol. The third-order valence-electron chi connectivity index (χ3n) is 3.82. The number of hydrogen-bond donors (Lipinski definition) is 1. The number of ether oxygens (including phenoxy) is 1. The second kappa shape index (κ2) is 6.79. The molecule has 2 nitrogen and oxygen atoms in total. The van der Waals surface area contributed by atoms with Crippen LogP contribution < -0.4 is 10.1 Å². The molecule has 2 rings (SSSR count). The summed E-state index contributed by atoms with van der Waals surface area (Å²) in [6.07, 6.45) is 5.61. The Balaban J connectivity index is 1.89. The first-order chi connectivity index (χ1) is 8.79. The van der Waals surface area contributed by atoms with E-state index in [4.69, 9.17) is 4.74 Å². The van der Waals surface area contributed by atoms with Gasteiger partial charge in [0.1, 0.15) is 11.9 Å². The topological polar surface area (TPSA) is 21.3 Å². The van der Waals surface area contributed by atoms with Gasteiger partial charge in [-0.2, -0.15) is 0 Å². The van der Waals surface area contributed by atoms with Gasteiger partial charge in [0.15, 0.2) is 0 Å². The summed E-state index contributed by atoms with van der Waals surface area (Å²) in [6, 6.07) is 8.53. The Kier molecular flexibility index (Phi) is 5.06. The molecule has 2 unspecified atom stereocenters. The Labute approximate surface area is 111 Å². The van der Waals surface area contributed by atoms with Gasteiger partial charge in [0.25, 0.3) is 0 Å². The maximum atomic E-state index is 6.11. The Morgan fingerprint density at radius 1 is 1.17 bits per heavy atom. The molecule has 0 spiro atoms. The summed E-state index contributed by atoms with van der Waals surface area (Å²) in [5.74, 6) is 1.72. The molecule has 0 saturated heterocycles. The molecule has 0 aromatic heterocycles. The Bertz CT molecular complexity index is 347. The third-order valence-corrected chi connectivity index (χ3v) is 3.82. The van der Waals surface area contributed by atoms with E-state index in [1.165, 1.54) is 31.2 Å². The van der Waals surface area contributed by atoms with Crippen LogP contribution in [0.3, 0.4) is 0 Å². The van der Waals surface area contributed by atoms with E-state index in [0.717, 1.165) is 18.8 Å². The average molecular weight is 247 g/mol. The first-order valence-electron chi connectivity index (χ1n) is 7.26. The van der Waals surface area contributed by atoms with Gasteiger partial charge in [0, 0.05) is 6.54 Å². The van der Waals surface area contributed by atoms with Crippen molar-refractivity contribution in [2.45, 2.75) is 52.2 Å². The highest BCUT2D eigenvalue weighted by Gasteiger charge is 2.22. The fourth-order valence-electron chi connectivity index (χ4n) is 2.59. The maximum absolute atomic E-state index is 6.11. The second-order valence-electron chi connectivity index (χ2n) is 5.34. The van der Waals surface area contributed by atoms with Crippen LogP contribution in [0.25, 0.3) is 0 Å². The summed E-state index contributed by atoms with van der Waals surface area (Å²) < 4.78 is 6.11. The second-order valence-corrected chi connectivity index (χ2v) is 5.34. The van der Waals surface area contributed by atoms with Crippen molar-refractivity contribution in [1.82, 2.24) is 5.32 Å². The van der Waals surface area contributed by atoms with E-state index >= 15 is 0 Å². The molecule has 18 heavy (non-hydrogen) atoms. The normalized spacial score (nSPS) is 23.9. The van der Waals surface area contributed by atoms with Crippen LogP contribution in [0.5, 0.6) is 5.75 Å². The summed E-state index contributed by atoms with van der Waals surface area (Å²) in [7, 11) is 0. The van der Waals surface area contributed by atoms with Crippen molar-refractivity contribution in [2.24, 2.45) is 5.92 Å². The first kappa shape index (κ1) is 13.4. The van der Waals surface area contributed by atoms with Crippen LogP contribution in [0.4, 0.5) is 0 Å². The minimum absolute atomic E-state index is 0.415. The third kappa shape index (κ3) is 3.74. The zero-order valence-corrected chi connectivity index (χ0v) is 11.6. The molecular weight excluding hydrogens is 222 g/mol. The first-order valence-corrected chi connectivity index (χ1v) is 7.26. The Hall–Kier alpha value is -1.02. The van der Waals surface area contributed by atoms with Gasteiger partial charge in [0.05, 0.1) is 0 Å². The Morgan fingerprint density at radius 2 is 1.89 bits per heavy atom. The van der Waals surface area contributed by atoms with E-state index in [9.17, 15) is 0 Å². The molecule has 0 amide bonds. The van der Waals surface area contributed by atoms with E-state index in [2.05, 4.69) is 43.4 Å². The molecule has 1 aliphatic rings. The minimum atomic E-state index is 0.415. The Morgan fingerprint density at radius 3 is 2.56 bits per heavy atom. The van der Waals surface area contributed by atoms with Crippen LogP contribution in [0.1, 0.15) is 45.1 Å². The molecule has 0 aliphatic heterocycles. The van der Waals surface area contributed by atoms with Crippen LogP contribution in [-0.2, 0) is 6.54 Å². The van der Waals surface area contributed by atoms with Crippen LogP contribution in [0.2, 0.25) is 0 Å². The van der Waals surface area contributed by atoms with Crippen molar-refractivity contribution >= 4 is 0 Å². The molecule has 1 saturated carbocycles. The van der Waals surface area contributed by atoms with E-state index in [1.807, 2.05) is 0 Å². The van der Waals surface area contributed by atoms with E-state index in [0.29, 0.717) is 12.0 Å². The molecule has 0 bridgehead atoms. The number of nitrogens with one attached hydrogen (secondary N) is 1. The van der Waals surface area contributed by atoms with Crippen molar-refractivity contribution in [3.05, 3.63) is 29.8 Å². The highest BCUT2D eigenvalue weighted by atomic mass is 16.5. The van der Waals surface area contributed by atoms with Crippen molar-refractivity contribution in [3.8, 4) is 5.75 Å². The highest BCUT2D eigenvalue weighted by Crippen LogP contribution is 2.28. The molecule has 1 aromatic carbocycles. The van der Waals surface area contributed by atoms with Gasteiger partial charge in [-0.05, 0) is 49.4 Å². The zero-order chi connectivity index (χ0) is 12.8. The van der Waals surface area contributed by atoms with Gasteiger partial charge < -0.3 is 10.1 Å². The summed E-state index contributed by atoms with van der Waals surface area (Å²) in [5, 5.41) is 3.33. The van der Waals surface area contributed by atoms with Gasteiger partial charge in [-0.15, -0.1) is 0 Å². The van der Waals surface area contributed by atoms with Crippen LogP contribution in [0.15, 0.2) is 24.3 Å². The summed E-state index contributed by atoms with van der Waals surface area (Å²) in [5.41, 5.74) is 1.32. The fourth-order valence-corrected chi connectivity index (χ4v) is 2.59. The lowest BCUT2D eigenvalue weighted by Gasteiger charge is -2.29. The highest BCUT2D eigenvalue weighted by molar-refractivity contribution is 5.27. The van der Waals surface area contributed by atoms with E-state index < -0.39 is 0 Å². The monoisotopic (exact) mass is 247 g/mol. The fraction of sp³-hybridized carbons (Fsp3) is 0.625. The van der Waals surface area contributed by atoms with Crippen molar-refractivity contribution in [1.29, 1.82) is 0 Å². The van der Waals surface area contributed by atoms with Crippen LogP contribution >= 0.6 is 0 Å². The van der Waals surface area contributed by atoms with E-state index in [1.54, 1.807) is 0 Å². The van der Waals surface area contributed by atoms with Gasteiger partial charge in [0.2, 0.25) is 0 Å². The molecular formula is C16H25NO. The molecule has 0 heterocycles. The lowest BCUT2D eigenvalue weighted by atomic mass is 9.88. The molecule has 1 N–H and O–H groups in total. The quantitative estimate of drug-likeness (QED) is 0.855. The molecule has 1 aromatic rings. The van der Waals surface area contributed by atoms with Crippen LogP contribution in [-0.4, -0.2) is 12.6 Å². The van der Waals surface area contributed by atoms with Gasteiger partial charge >= 0.3 is 0 Å². The largest absolute Gasteiger partial charge is 0.490 e. The molecule has 1 aliphatic carbocycles. The van der Waals surface area contributed by atoms with Gasteiger partial charge in [-0.3, -0.25) is 0 Å². The number of rotatable bonds is 5. The van der Waals surface area contributed by atoms with E-state index in [-0.39, 0.29) is 0 Å². The summed E-state index contributed by atoms with van der Waals surface area (Å²) >= 11 is 0. The molecule has 2 heteroatoms. The SMILES string of the molecule is CCNCc1ccc(OC2CCCCC2C)cc1. The molecule has 1 fully saturated rings. The molecule has 2 atom stereocenters. The smallest absolute Gasteiger partial charge is 0.119 e. The molecule has 0 radical (unpaired) electrons. The summed E-state index contributed by atoms with van der Waals surface area (Å²) in [6.45, 7) is 6.39.